The van der Waals surface area contributed by atoms with Gasteiger partial charge in [0.2, 0.25) is 15.9 Å². The molecule has 1 N–H and O–H groups in total. The Balaban J connectivity index is 2.69. The van der Waals surface area contributed by atoms with Crippen LogP contribution in [-0.2, 0) is 24.3 Å². The molecular formula is C13H24N2O6S. The molecule has 1 heterocycles. The van der Waals surface area contributed by atoms with Gasteiger partial charge < -0.3 is 14.7 Å². The zero-order valence-electron chi connectivity index (χ0n) is 13.0. The molecule has 1 amide bonds. The van der Waals surface area contributed by atoms with Crippen LogP contribution in [0.3, 0.4) is 0 Å². The Morgan fingerprint density at radius 1 is 1.32 bits per heavy atom. The highest BCUT2D eigenvalue weighted by Gasteiger charge is 2.32. The molecule has 0 unspecified atom stereocenters. The highest BCUT2D eigenvalue weighted by Crippen LogP contribution is 2.20. The zero-order chi connectivity index (χ0) is 16.8. The van der Waals surface area contributed by atoms with Gasteiger partial charge in [0, 0.05) is 26.2 Å². The number of methoxy groups -OCH3 is 1. The maximum Gasteiger partial charge on any atom is 0.323 e. The molecule has 22 heavy (non-hydrogen) atoms. The number of carboxylic acids is 1. The Bertz CT molecular complexity index is 485. The third-order valence-electron chi connectivity index (χ3n) is 3.77. The minimum atomic E-state index is -3.23. The van der Waals surface area contributed by atoms with Crippen LogP contribution in [0.25, 0.3) is 0 Å². The van der Waals surface area contributed by atoms with Crippen LogP contribution >= 0.6 is 0 Å². The number of amides is 1. The summed E-state index contributed by atoms with van der Waals surface area (Å²) >= 11 is 0. The Kier molecular flexibility index (Phi) is 7.24. The van der Waals surface area contributed by atoms with Gasteiger partial charge in [0.25, 0.3) is 0 Å². The first-order valence-electron chi connectivity index (χ1n) is 7.29. The molecule has 0 spiro atoms. The molecule has 1 aliphatic rings. The zero-order valence-corrected chi connectivity index (χ0v) is 13.8. The van der Waals surface area contributed by atoms with E-state index in [9.17, 15) is 18.0 Å². The van der Waals surface area contributed by atoms with E-state index in [1.807, 2.05) is 0 Å². The van der Waals surface area contributed by atoms with E-state index >= 15 is 0 Å². The van der Waals surface area contributed by atoms with Gasteiger partial charge in [-0.1, -0.05) is 0 Å². The maximum absolute atomic E-state index is 12.1. The molecular weight excluding hydrogens is 312 g/mol. The number of ether oxygens (including phenoxy) is 1. The number of hydrogen-bond acceptors (Lipinski definition) is 5. The van der Waals surface area contributed by atoms with Crippen LogP contribution in [0.4, 0.5) is 0 Å². The minimum Gasteiger partial charge on any atom is -0.480 e. The molecule has 0 aromatic heterocycles. The minimum absolute atomic E-state index is 0.0449. The molecule has 1 aliphatic heterocycles. The van der Waals surface area contributed by atoms with Gasteiger partial charge in [0.1, 0.15) is 6.54 Å². The first kappa shape index (κ1) is 18.9. The Labute approximate surface area is 131 Å². The number of sulfonamides is 1. The average Bonchev–Trinajstić information content (AvgIpc) is 2.50. The fourth-order valence-electron chi connectivity index (χ4n) is 2.51. The van der Waals surface area contributed by atoms with Crippen molar-refractivity contribution in [3.63, 3.8) is 0 Å². The monoisotopic (exact) mass is 336 g/mol. The molecule has 0 saturated carbocycles. The molecule has 1 fully saturated rings. The van der Waals surface area contributed by atoms with Crippen LogP contribution in [0.5, 0.6) is 0 Å². The van der Waals surface area contributed by atoms with E-state index in [1.165, 1.54) is 16.3 Å². The topological polar surface area (TPSA) is 104 Å². The van der Waals surface area contributed by atoms with Crippen molar-refractivity contribution in [2.24, 2.45) is 0 Å². The second-order valence-electron chi connectivity index (χ2n) is 5.19. The van der Waals surface area contributed by atoms with Crippen molar-refractivity contribution < 1.29 is 27.9 Å². The average molecular weight is 336 g/mol. The van der Waals surface area contributed by atoms with E-state index in [0.717, 1.165) is 0 Å². The molecule has 0 atom stereocenters. The van der Waals surface area contributed by atoms with Gasteiger partial charge in [-0.15, -0.1) is 0 Å². The Hall–Kier alpha value is -1.19. The summed E-state index contributed by atoms with van der Waals surface area (Å²) in [7, 11) is -1.76. The van der Waals surface area contributed by atoms with Crippen molar-refractivity contribution in [1.82, 2.24) is 9.21 Å². The van der Waals surface area contributed by atoms with Gasteiger partial charge in [0.05, 0.1) is 18.8 Å². The SMILES string of the molecule is CCS(=O)(=O)N1CCC(N(CC(=O)O)C(=O)CCOC)CC1. The first-order chi connectivity index (χ1) is 10.3. The maximum atomic E-state index is 12.1. The summed E-state index contributed by atoms with van der Waals surface area (Å²) in [5.41, 5.74) is 0. The number of aliphatic carboxylic acids is 1. The molecule has 1 rings (SSSR count). The molecule has 1 saturated heterocycles. The summed E-state index contributed by atoms with van der Waals surface area (Å²) < 4.78 is 29.9. The van der Waals surface area contributed by atoms with Crippen molar-refractivity contribution in [2.75, 3.05) is 39.1 Å². The number of carbonyl (C=O) groups excluding carboxylic acids is 1. The van der Waals surface area contributed by atoms with Crippen LogP contribution in [0, 0.1) is 0 Å². The Morgan fingerprint density at radius 2 is 1.91 bits per heavy atom. The molecule has 0 radical (unpaired) electrons. The summed E-state index contributed by atoms with van der Waals surface area (Å²) in [4.78, 5) is 24.4. The number of rotatable bonds is 8. The predicted molar refractivity (Wildman–Crippen MR) is 79.9 cm³/mol. The highest BCUT2D eigenvalue weighted by molar-refractivity contribution is 7.89. The molecule has 0 bridgehead atoms. The molecule has 0 aliphatic carbocycles. The van der Waals surface area contributed by atoms with Crippen molar-refractivity contribution in [3.05, 3.63) is 0 Å². The van der Waals surface area contributed by atoms with Crippen LogP contribution in [0.15, 0.2) is 0 Å². The summed E-state index contributed by atoms with van der Waals surface area (Å²) in [6.45, 7) is 2.08. The van der Waals surface area contributed by atoms with E-state index in [1.54, 1.807) is 6.92 Å². The predicted octanol–water partition coefficient (Wildman–Crippen LogP) is -0.250. The summed E-state index contributed by atoms with van der Waals surface area (Å²) in [6, 6.07) is -0.247. The molecule has 0 aromatic rings. The van der Waals surface area contributed by atoms with Crippen LogP contribution < -0.4 is 0 Å². The molecule has 128 valence electrons. The van der Waals surface area contributed by atoms with Gasteiger partial charge in [-0.05, 0) is 19.8 Å². The van der Waals surface area contributed by atoms with E-state index < -0.39 is 16.0 Å². The molecule has 9 heteroatoms. The number of carbonyl (C=O) groups is 2. The van der Waals surface area contributed by atoms with Gasteiger partial charge in [-0.2, -0.15) is 0 Å². The first-order valence-corrected chi connectivity index (χ1v) is 8.90. The largest absolute Gasteiger partial charge is 0.480 e. The van der Waals surface area contributed by atoms with Crippen LogP contribution in [0.2, 0.25) is 0 Å². The lowest BCUT2D eigenvalue weighted by Gasteiger charge is -2.37. The van der Waals surface area contributed by atoms with E-state index in [2.05, 4.69) is 0 Å². The van der Waals surface area contributed by atoms with E-state index in [-0.39, 0.29) is 37.3 Å². The van der Waals surface area contributed by atoms with Gasteiger partial charge in [0.15, 0.2) is 0 Å². The third kappa shape index (κ3) is 5.22. The van der Waals surface area contributed by atoms with E-state index in [4.69, 9.17) is 9.84 Å². The number of carboxylic acid groups (broad SMARTS) is 1. The fourth-order valence-corrected chi connectivity index (χ4v) is 3.65. The van der Waals surface area contributed by atoms with Crippen molar-refractivity contribution >= 4 is 21.9 Å². The second-order valence-corrected chi connectivity index (χ2v) is 7.45. The Morgan fingerprint density at radius 3 is 2.36 bits per heavy atom. The van der Waals surface area contributed by atoms with Crippen molar-refractivity contribution in [2.45, 2.75) is 32.2 Å². The highest BCUT2D eigenvalue weighted by atomic mass is 32.2. The normalized spacial score (nSPS) is 17.4. The quantitative estimate of drug-likeness (QED) is 0.655. The van der Waals surface area contributed by atoms with Crippen molar-refractivity contribution in [1.29, 1.82) is 0 Å². The smallest absolute Gasteiger partial charge is 0.323 e. The standard InChI is InChI=1S/C13H24N2O6S/c1-3-22(19,20)14-7-4-11(5-8-14)15(10-13(17)18)12(16)6-9-21-2/h11H,3-10H2,1-2H3,(H,17,18). The third-order valence-corrected chi connectivity index (χ3v) is 5.65. The van der Waals surface area contributed by atoms with Gasteiger partial charge >= 0.3 is 5.97 Å². The fraction of sp³-hybridized carbons (Fsp3) is 0.846. The number of hydrogen-bond donors (Lipinski definition) is 1. The van der Waals surface area contributed by atoms with Crippen molar-refractivity contribution in [3.8, 4) is 0 Å². The molecule has 0 aromatic carbocycles. The summed E-state index contributed by atoms with van der Waals surface area (Å²) in [6.07, 6.45) is 1.02. The molecule has 8 nitrogen and oxygen atoms in total. The summed E-state index contributed by atoms with van der Waals surface area (Å²) in [5, 5.41) is 8.98. The second kappa shape index (κ2) is 8.44. The number of nitrogens with zero attached hydrogens (tertiary/aromatic N) is 2. The lowest BCUT2D eigenvalue weighted by atomic mass is 10.0. The van der Waals surface area contributed by atoms with E-state index in [0.29, 0.717) is 25.9 Å². The van der Waals surface area contributed by atoms with Gasteiger partial charge in [-0.25, -0.2) is 12.7 Å². The lowest BCUT2D eigenvalue weighted by Crippen LogP contribution is -2.50. The van der Waals surface area contributed by atoms with Crippen LogP contribution in [0.1, 0.15) is 26.2 Å². The van der Waals surface area contributed by atoms with Gasteiger partial charge in [-0.3, -0.25) is 9.59 Å². The number of piperidine rings is 1. The lowest BCUT2D eigenvalue weighted by molar-refractivity contribution is -0.147. The summed E-state index contributed by atoms with van der Waals surface area (Å²) in [5.74, 6) is -1.31. The van der Waals surface area contributed by atoms with Crippen LogP contribution in [-0.4, -0.2) is 79.8 Å².